The molecule has 1 unspecified atom stereocenters. The van der Waals surface area contributed by atoms with Crippen molar-refractivity contribution in [1.82, 2.24) is 15.6 Å². The number of hydrogen-bond acceptors (Lipinski definition) is 9. The number of carbonyl (C=O) groups is 3. The number of piperidine rings is 1. The van der Waals surface area contributed by atoms with Crippen LogP contribution in [0.3, 0.4) is 0 Å². The Hall–Kier alpha value is -2.94. The van der Waals surface area contributed by atoms with Crippen LogP contribution in [0.4, 0.5) is 4.79 Å². The first-order chi connectivity index (χ1) is 17.6. The lowest BCUT2D eigenvalue weighted by Crippen LogP contribution is -2.51. The number of likely N-dealkylation sites (tertiary alicyclic amines) is 1. The summed E-state index contributed by atoms with van der Waals surface area (Å²) in [7, 11) is -1.78. The monoisotopic (exact) mass is 542 g/mol. The summed E-state index contributed by atoms with van der Waals surface area (Å²) in [5.41, 5.74) is 6.42. The normalized spacial score (nSPS) is 17.9. The van der Waals surface area contributed by atoms with Crippen molar-refractivity contribution in [2.45, 2.75) is 97.1 Å². The molecule has 1 aliphatic heterocycles. The van der Waals surface area contributed by atoms with Crippen molar-refractivity contribution in [3.63, 3.8) is 0 Å². The Morgan fingerprint density at radius 2 is 1.92 bits per heavy atom. The maximum Gasteiger partial charge on any atom is 0.475 e. The highest BCUT2D eigenvalue weighted by Crippen LogP contribution is 2.24. The van der Waals surface area contributed by atoms with Gasteiger partial charge in [0, 0.05) is 25.4 Å². The molecule has 0 aromatic carbocycles. The first-order valence-corrected chi connectivity index (χ1v) is 13.0. The predicted octanol–water partition coefficient (Wildman–Crippen LogP) is 0.771. The summed E-state index contributed by atoms with van der Waals surface area (Å²) in [5, 5.41) is 31.7. The van der Waals surface area contributed by atoms with Gasteiger partial charge in [0.25, 0.3) is 5.96 Å². The summed E-state index contributed by atoms with van der Waals surface area (Å²) in [5.74, 6) is -2.92. The number of guanidine groups is 1. The number of nitro groups is 1. The van der Waals surface area contributed by atoms with E-state index in [0.717, 1.165) is 12.8 Å². The molecule has 0 aromatic rings. The summed E-state index contributed by atoms with van der Waals surface area (Å²) in [6, 6.07) is -0.734. The van der Waals surface area contributed by atoms with Crippen LogP contribution in [-0.4, -0.2) is 81.5 Å². The Morgan fingerprint density at radius 1 is 1.26 bits per heavy atom. The molecule has 0 aromatic heterocycles. The van der Waals surface area contributed by atoms with E-state index in [1.54, 1.807) is 26.2 Å². The van der Waals surface area contributed by atoms with Crippen LogP contribution in [0.25, 0.3) is 0 Å². The quantitative estimate of drug-likeness (QED) is 0.0551. The molecular weight excluding hydrogens is 499 g/mol. The van der Waals surface area contributed by atoms with Gasteiger partial charge in [-0.05, 0) is 65.2 Å². The van der Waals surface area contributed by atoms with Gasteiger partial charge in [0.15, 0.2) is 10.8 Å². The Labute approximate surface area is 224 Å². The molecule has 1 fully saturated rings. The molecule has 6 N–H and O–H groups in total. The number of rotatable bonds is 13. The molecule has 3 atom stereocenters. The fourth-order valence-electron chi connectivity index (χ4n) is 4.24. The molecule has 1 rings (SSSR count). The van der Waals surface area contributed by atoms with Crippen LogP contribution in [0.1, 0.15) is 79.6 Å². The van der Waals surface area contributed by atoms with Crippen molar-refractivity contribution >= 4 is 30.9 Å². The van der Waals surface area contributed by atoms with Gasteiger partial charge in [-0.25, -0.2) is 19.9 Å². The number of nitrogens with two attached hydrogens (primary N) is 1. The average Bonchev–Trinajstić information content (AvgIpc) is 2.78. The molecule has 0 aliphatic carbocycles. The Kier molecular flexibility index (Phi) is 13.5. The minimum Gasteiger partial charge on any atom is -0.444 e. The van der Waals surface area contributed by atoms with E-state index >= 15 is 0 Å². The van der Waals surface area contributed by atoms with Crippen molar-refractivity contribution in [2.75, 3.05) is 13.1 Å². The highest BCUT2D eigenvalue weighted by Gasteiger charge is 2.37. The number of aliphatic imine (C=N–C) groups is 1. The van der Waals surface area contributed by atoms with Crippen LogP contribution in [0.15, 0.2) is 4.99 Å². The maximum atomic E-state index is 13.4. The molecule has 216 valence electrons. The second-order valence-electron chi connectivity index (χ2n) is 11.0. The molecule has 1 heterocycles. The summed E-state index contributed by atoms with van der Waals surface area (Å²) in [6.07, 6.45) is 1.94. The topological polar surface area (TPSA) is 210 Å². The minimum absolute atomic E-state index is 0.0656. The van der Waals surface area contributed by atoms with E-state index in [0.29, 0.717) is 19.4 Å². The summed E-state index contributed by atoms with van der Waals surface area (Å²) >= 11 is 0. The number of hydrazine groups is 1. The standard InChI is InChI=1S/C23H43BN6O8/c1-15(2)13-19(24(34)35)27-20(32)16(9-8-11-26-21(25)28-30(36)37)14-18(31)17-10-6-7-12-29(17)22(33)38-23(3,4)5/h15-17,19,34-35H,6-14H2,1-5H3,(H,27,32)(H3,25,26,28)/t16-,17?,19+/m1/s1. The number of amides is 2. The maximum absolute atomic E-state index is 13.4. The van der Waals surface area contributed by atoms with Crippen molar-refractivity contribution in [3.8, 4) is 0 Å². The summed E-state index contributed by atoms with van der Waals surface area (Å²) in [6.45, 7) is 9.41. The Bertz CT molecular complexity index is 848. The van der Waals surface area contributed by atoms with Crippen LogP contribution < -0.4 is 16.5 Å². The van der Waals surface area contributed by atoms with Gasteiger partial charge in [-0.2, -0.15) is 0 Å². The van der Waals surface area contributed by atoms with Gasteiger partial charge in [-0.15, -0.1) is 0 Å². The van der Waals surface area contributed by atoms with E-state index in [1.807, 2.05) is 13.8 Å². The SMILES string of the molecule is CC(C)C[C@H](NC(=O)[C@H](CCCN=C(N)N[N+](=O)[O-])CC(=O)C1CCCCN1C(=O)OC(C)(C)C)B(O)O. The third-order valence-electron chi connectivity index (χ3n) is 5.93. The van der Waals surface area contributed by atoms with Crippen molar-refractivity contribution in [2.24, 2.45) is 22.6 Å². The van der Waals surface area contributed by atoms with Crippen LogP contribution in [0.5, 0.6) is 0 Å². The molecule has 38 heavy (non-hydrogen) atoms. The molecule has 14 nitrogen and oxygen atoms in total. The predicted molar refractivity (Wildman–Crippen MR) is 141 cm³/mol. The van der Waals surface area contributed by atoms with Crippen LogP contribution >= 0.6 is 0 Å². The van der Waals surface area contributed by atoms with Crippen molar-refractivity contribution in [3.05, 3.63) is 10.1 Å². The Morgan fingerprint density at radius 3 is 2.47 bits per heavy atom. The third kappa shape index (κ3) is 12.5. The fourth-order valence-corrected chi connectivity index (χ4v) is 4.24. The number of nitrogens with zero attached hydrogens (tertiary/aromatic N) is 3. The molecule has 1 aliphatic rings. The van der Waals surface area contributed by atoms with Crippen LogP contribution in [0, 0.1) is 22.0 Å². The number of nitrogens with one attached hydrogen (secondary N) is 2. The second kappa shape index (κ2) is 15.5. The fraction of sp³-hybridized carbons (Fsp3) is 0.826. The highest BCUT2D eigenvalue weighted by molar-refractivity contribution is 6.43. The first-order valence-electron chi connectivity index (χ1n) is 13.0. The van der Waals surface area contributed by atoms with Crippen LogP contribution in [0.2, 0.25) is 0 Å². The van der Waals surface area contributed by atoms with E-state index in [4.69, 9.17) is 10.5 Å². The smallest absolute Gasteiger partial charge is 0.444 e. The van der Waals surface area contributed by atoms with E-state index < -0.39 is 47.7 Å². The summed E-state index contributed by atoms with van der Waals surface area (Å²) in [4.78, 5) is 55.0. The van der Waals surface area contributed by atoms with E-state index in [2.05, 4.69) is 10.3 Å². The summed E-state index contributed by atoms with van der Waals surface area (Å²) < 4.78 is 5.47. The minimum atomic E-state index is -1.78. The number of Topliss-reactive ketones (excluding diaryl/α,β-unsaturated/α-hetero) is 1. The van der Waals surface area contributed by atoms with Gasteiger partial charge in [0.05, 0.1) is 12.0 Å². The molecule has 0 bridgehead atoms. The van der Waals surface area contributed by atoms with Gasteiger partial charge in [0.1, 0.15) is 5.60 Å². The largest absolute Gasteiger partial charge is 0.475 e. The van der Waals surface area contributed by atoms with Gasteiger partial charge in [-0.3, -0.25) is 14.5 Å². The molecule has 0 radical (unpaired) electrons. The van der Waals surface area contributed by atoms with Crippen molar-refractivity contribution in [1.29, 1.82) is 0 Å². The lowest BCUT2D eigenvalue weighted by Gasteiger charge is -2.36. The van der Waals surface area contributed by atoms with Gasteiger partial charge >= 0.3 is 13.2 Å². The zero-order valence-electron chi connectivity index (χ0n) is 23.0. The van der Waals surface area contributed by atoms with Gasteiger partial charge in [0.2, 0.25) is 5.91 Å². The second-order valence-corrected chi connectivity index (χ2v) is 11.0. The van der Waals surface area contributed by atoms with E-state index in [1.165, 1.54) is 4.90 Å². The molecule has 2 amide bonds. The van der Waals surface area contributed by atoms with E-state index in [-0.39, 0.29) is 43.5 Å². The lowest BCUT2D eigenvalue weighted by atomic mass is 9.74. The van der Waals surface area contributed by atoms with Crippen molar-refractivity contribution < 1.29 is 34.2 Å². The molecule has 1 saturated heterocycles. The number of carbonyl (C=O) groups excluding carboxylic acids is 3. The first kappa shape index (κ1) is 33.1. The molecule has 0 spiro atoms. The average molecular weight is 542 g/mol. The zero-order chi connectivity index (χ0) is 29.0. The zero-order valence-corrected chi connectivity index (χ0v) is 23.0. The van der Waals surface area contributed by atoms with Gasteiger partial charge < -0.3 is 25.8 Å². The molecule has 15 heteroatoms. The van der Waals surface area contributed by atoms with Crippen LogP contribution in [-0.2, 0) is 14.3 Å². The molecular formula is C23H43BN6O8. The Balaban J connectivity index is 3.02. The molecule has 0 saturated carbocycles. The number of ether oxygens (including phenoxy) is 1. The number of hydrogen-bond donors (Lipinski definition) is 5. The van der Waals surface area contributed by atoms with E-state index in [9.17, 15) is 34.5 Å². The third-order valence-corrected chi connectivity index (χ3v) is 5.93. The lowest BCUT2D eigenvalue weighted by molar-refractivity contribution is -0.525. The highest BCUT2D eigenvalue weighted by atomic mass is 16.7. The number of ketones is 1. The van der Waals surface area contributed by atoms with Gasteiger partial charge in [-0.1, -0.05) is 19.3 Å².